The third-order valence-electron chi connectivity index (χ3n) is 7.38. The zero-order chi connectivity index (χ0) is 29.7. The average molecular weight is 588 g/mol. The second kappa shape index (κ2) is 13.0. The van der Waals surface area contributed by atoms with Gasteiger partial charge in [-0.2, -0.15) is 13.2 Å². The summed E-state index contributed by atoms with van der Waals surface area (Å²) in [4.78, 5) is 15.7. The first-order chi connectivity index (χ1) is 19.6. The Hall–Kier alpha value is -3.47. The number of hydrogen-bond donors (Lipinski definition) is 3. The van der Waals surface area contributed by atoms with Crippen LogP contribution in [-0.2, 0) is 6.54 Å². The fraction of sp³-hybridized carbons (Fsp3) is 0.323. The normalized spacial score (nSPS) is 14.8. The summed E-state index contributed by atoms with van der Waals surface area (Å²) < 4.78 is 54.9. The number of halogens is 4. The summed E-state index contributed by atoms with van der Waals surface area (Å²) in [6.45, 7) is 0.00783. The lowest BCUT2D eigenvalue weighted by Crippen LogP contribution is -2.40. The number of carbonyl (C=O) groups excluding carboxylic acids is 1. The summed E-state index contributed by atoms with van der Waals surface area (Å²) in [5.74, 6) is -0.882. The lowest BCUT2D eigenvalue weighted by Gasteiger charge is -2.34. The molecule has 0 aliphatic heterocycles. The van der Waals surface area contributed by atoms with Gasteiger partial charge in [-0.1, -0.05) is 61.7 Å². The molecule has 1 aliphatic carbocycles. The first kappa shape index (κ1) is 30.5. The predicted octanol–water partition coefficient (Wildman–Crippen LogP) is 7.53. The van der Waals surface area contributed by atoms with E-state index in [-0.39, 0.29) is 34.7 Å². The van der Waals surface area contributed by atoms with Crippen LogP contribution in [0, 0.1) is 5.82 Å². The Kier molecular flexibility index (Phi) is 9.68. The molecule has 0 spiro atoms. The van der Waals surface area contributed by atoms with Crippen LogP contribution in [0.15, 0.2) is 66.7 Å². The van der Waals surface area contributed by atoms with Crippen molar-refractivity contribution in [2.75, 3.05) is 7.05 Å². The first-order valence-corrected chi connectivity index (χ1v) is 14.3. The number of rotatable bonds is 6. The largest absolute Gasteiger partial charge is 0.506 e. The summed E-state index contributed by atoms with van der Waals surface area (Å²) in [6.07, 6.45) is 0.0237. The van der Waals surface area contributed by atoms with E-state index in [1.165, 1.54) is 48.7 Å². The summed E-state index contributed by atoms with van der Waals surface area (Å²) >= 11 is 1.22. The van der Waals surface area contributed by atoms with Crippen molar-refractivity contribution in [1.29, 1.82) is 0 Å². The van der Waals surface area contributed by atoms with E-state index in [9.17, 15) is 23.1 Å². The summed E-state index contributed by atoms with van der Waals surface area (Å²) in [5.41, 5.74) is 11.3. The maximum absolute atomic E-state index is 15.1. The van der Waals surface area contributed by atoms with E-state index in [4.69, 9.17) is 5.73 Å². The highest BCUT2D eigenvalue weighted by Crippen LogP contribution is 2.39. The quantitative estimate of drug-likeness (QED) is 0.203. The van der Waals surface area contributed by atoms with Gasteiger partial charge in [0, 0.05) is 28.2 Å². The standard InChI is InChI=1S/C30H28F4N2O2S.CH5N/c31-24-15-14-20(18-10-12-19(13-11-18)28(35)30(32,33)34)16-21(24)17-36(22-6-2-1-3-7-22)29(38)27-26(37)23-8-4-5-9-25(23)39-27;1-2/h4-5,8-16,22,28,37H,1-3,6-7,17,35H2;2H2,1H3. The Bertz CT molecular complexity index is 1480. The van der Waals surface area contributed by atoms with Crippen molar-refractivity contribution >= 4 is 27.3 Å². The Labute approximate surface area is 240 Å². The second-order valence-electron chi connectivity index (χ2n) is 9.95. The Balaban J connectivity index is 0.00000189. The van der Waals surface area contributed by atoms with E-state index in [0.717, 1.165) is 36.8 Å². The fourth-order valence-corrected chi connectivity index (χ4v) is 6.25. The third kappa shape index (κ3) is 6.72. The van der Waals surface area contributed by atoms with Crippen molar-refractivity contribution in [2.45, 2.75) is 56.9 Å². The van der Waals surface area contributed by atoms with Gasteiger partial charge >= 0.3 is 6.18 Å². The van der Waals surface area contributed by atoms with Gasteiger partial charge in [-0.05, 0) is 60.8 Å². The Morgan fingerprint density at radius 3 is 2.27 bits per heavy atom. The summed E-state index contributed by atoms with van der Waals surface area (Å²) in [5, 5.41) is 11.4. The molecule has 1 amide bonds. The highest BCUT2D eigenvalue weighted by Gasteiger charge is 2.37. The minimum Gasteiger partial charge on any atom is -0.506 e. The summed E-state index contributed by atoms with van der Waals surface area (Å²) in [6, 6.07) is 15.2. The monoisotopic (exact) mass is 587 g/mol. The van der Waals surface area contributed by atoms with E-state index < -0.39 is 18.0 Å². The zero-order valence-corrected chi connectivity index (χ0v) is 23.4. The van der Waals surface area contributed by atoms with Crippen molar-refractivity contribution < 1.29 is 27.5 Å². The van der Waals surface area contributed by atoms with Crippen molar-refractivity contribution in [1.82, 2.24) is 4.90 Å². The van der Waals surface area contributed by atoms with Crippen LogP contribution >= 0.6 is 11.3 Å². The lowest BCUT2D eigenvalue weighted by molar-refractivity contribution is -0.149. The van der Waals surface area contributed by atoms with E-state index in [1.807, 2.05) is 12.1 Å². The van der Waals surface area contributed by atoms with Gasteiger partial charge in [0.05, 0.1) is 0 Å². The topological polar surface area (TPSA) is 92.6 Å². The van der Waals surface area contributed by atoms with Gasteiger partial charge in [0.1, 0.15) is 22.5 Å². The van der Waals surface area contributed by atoms with Crippen LogP contribution in [0.4, 0.5) is 17.6 Å². The highest BCUT2D eigenvalue weighted by molar-refractivity contribution is 7.21. The molecule has 10 heteroatoms. The number of aromatic hydroxyl groups is 1. The number of hydrogen-bond acceptors (Lipinski definition) is 5. The molecule has 0 bridgehead atoms. The molecule has 1 aliphatic rings. The van der Waals surface area contributed by atoms with Crippen molar-refractivity contribution in [3.8, 4) is 16.9 Å². The van der Waals surface area contributed by atoms with Crippen LogP contribution < -0.4 is 11.5 Å². The molecular formula is C31H33F4N3O2S. The number of amides is 1. The molecule has 1 unspecified atom stereocenters. The van der Waals surface area contributed by atoms with E-state index in [0.29, 0.717) is 22.1 Å². The van der Waals surface area contributed by atoms with E-state index in [1.54, 1.807) is 29.2 Å². The molecule has 4 aromatic rings. The number of thiophene rings is 1. The molecule has 5 rings (SSSR count). The van der Waals surface area contributed by atoms with E-state index >= 15 is 4.39 Å². The van der Waals surface area contributed by atoms with Crippen molar-refractivity contribution in [2.24, 2.45) is 11.5 Å². The molecule has 41 heavy (non-hydrogen) atoms. The minimum atomic E-state index is -4.55. The predicted molar refractivity (Wildman–Crippen MR) is 155 cm³/mol. The van der Waals surface area contributed by atoms with Gasteiger partial charge in [0.25, 0.3) is 5.91 Å². The molecule has 5 N–H and O–H groups in total. The van der Waals surface area contributed by atoms with Gasteiger partial charge in [0.15, 0.2) is 0 Å². The first-order valence-electron chi connectivity index (χ1n) is 13.4. The summed E-state index contributed by atoms with van der Waals surface area (Å²) in [7, 11) is 1.50. The molecule has 1 saturated carbocycles. The molecule has 1 atom stereocenters. The van der Waals surface area contributed by atoms with Gasteiger partial charge in [0.2, 0.25) is 0 Å². The Morgan fingerprint density at radius 2 is 1.63 bits per heavy atom. The molecule has 3 aromatic carbocycles. The van der Waals surface area contributed by atoms with Crippen molar-refractivity contribution in [3.63, 3.8) is 0 Å². The number of fused-ring (bicyclic) bond motifs is 1. The number of nitrogens with two attached hydrogens (primary N) is 2. The van der Waals surface area contributed by atoms with Crippen LogP contribution in [0.2, 0.25) is 0 Å². The molecular weight excluding hydrogens is 554 g/mol. The van der Waals surface area contributed by atoms with Crippen molar-refractivity contribution in [3.05, 3.63) is 88.6 Å². The van der Waals surface area contributed by atoms with Crippen LogP contribution in [0.3, 0.4) is 0 Å². The number of carbonyl (C=O) groups is 1. The highest BCUT2D eigenvalue weighted by atomic mass is 32.1. The number of benzene rings is 3. The van der Waals surface area contributed by atoms with Gasteiger partial charge in [-0.15, -0.1) is 11.3 Å². The average Bonchev–Trinajstić information content (AvgIpc) is 3.33. The number of alkyl halides is 3. The van der Waals surface area contributed by atoms with Gasteiger partial charge in [-0.25, -0.2) is 4.39 Å². The number of nitrogens with zero attached hydrogens (tertiary/aromatic N) is 1. The van der Waals surface area contributed by atoms with Crippen LogP contribution in [0.25, 0.3) is 21.2 Å². The molecule has 0 saturated heterocycles. The minimum absolute atomic E-state index is 0.00783. The maximum atomic E-state index is 15.1. The van der Waals surface area contributed by atoms with Crippen LogP contribution in [0.1, 0.15) is 58.9 Å². The molecule has 1 heterocycles. The van der Waals surface area contributed by atoms with Crippen LogP contribution in [-0.4, -0.2) is 35.2 Å². The molecule has 1 aromatic heterocycles. The molecule has 1 fully saturated rings. The molecule has 5 nitrogen and oxygen atoms in total. The van der Waals surface area contributed by atoms with E-state index in [2.05, 4.69) is 5.73 Å². The smallest absolute Gasteiger partial charge is 0.407 e. The van der Waals surface area contributed by atoms with Crippen LogP contribution in [0.5, 0.6) is 5.75 Å². The lowest BCUT2D eigenvalue weighted by atomic mass is 9.93. The van der Waals surface area contributed by atoms with Gasteiger partial charge < -0.3 is 21.5 Å². The Morgan fingerprint density at radius 1 is 1.00 bits per heavy atom. The molecule has 218 valence electrons. The third-order valence-corrected chi connectivity index (χ3v) is 8.53. The van der Waals surface area contributed by atoms with Gasteiger partial charge in [-0.3, -0.25) is 4.79 Å². The maximum Gasteiger partial charge on any atom is 0.407 e. The fourth-order valence-electron chi connectivity index (χ4n) is 5.20. The SMILES string of the molecule is CN.NC(c1ccc(-c2ccc(F)c(CN(C(=O)c3sc4ccccc4c3O)C3CCCCC3)c2)cc1)C(F)(F)F. The zero-order valence-electron chi connectivity index (χ0n) is 22.6. The molecule has 0 radical (unpaired) electrons. The second-order valence-corrected chi connectivity index (χ2v) is 11.0.